The molecule has 73 heavy (non-hydrogen) atoms. The number of nitrogens with zero attached hydrogens (tertiary/aromatic N) is 4. The molecule has 1 saturated heterocycles. The molecule has 6 rings (SSSR count). The zero-order valence-electron chi connectivity index (χ0n) is 42.4. The van der Waals surface area contributed by atoms with E-state index in [4.69, 9.17) is 12.2 Å². The average Bonchev–Trinajstić information content (AvgIpc) is 3.90. The lowest BCUT2D eigenvalue weighted by Crippen LogP contribution is -2.30. The van der Waals surface area contributed by atoms with Crippen LogP contribution in [0.5, 0.6) is 0 Å². The summed E-state index contributed by atoms with van der Waals surface area (Å²) in [6.45, 7) is 3.01. The van der Waals surface area contributed by atoms with Crippen molar-refractivity contribution in [3.8, 4) is 0 Å². The fourth-order valence-electron chi connectivity index (χ4n) is 9.09. The third-order valence-electron chi connectivity index (χ3n) is 13.3. The molecule has 0 amide bonds. The number of nitrogens with one attached hydrogen (secondary N) is 1. The summed E-state index contributed by atoms with van der Waals surface area (Å²) in [7, 11) is -3.33. The molecule has 3 aromatic rings. The number of carbonyl (C=O) groups excluding carboxylic acids is 2. The molecule has 2 aliphatic carbocycles. The van der Waals surface area contributed by atoms with Gasteiger partial charge in [0.1, 0.15) is 11.6 Å². The summed E-state index contributed by atoms with van der Waals surface area (Å²) in [6, 6.07) is 19.2. The molecule has 0 spiro atoms. The Hall–Kier alpha value is -5.66. The summed E-state index contributed by atoms with van der Waals surface area (Å²) in [6.07, 6.45) is 28.5. The number of nitro groups is 4. The number of Topliss-reactive ketones (excluding diaryl/α,β-unsaturated/α-hetero) is 2. The molecule has 3 fully saturated rings. The van der Waals surface area contributed by atoms with Crippen molar-refractivity contribution < 1.29 is 37.7 Å². The minimum atomic E-state index is -3.33. The SMILES string of the molecule is CCCCCCCCCCCCc1ccc(S(=O)(=O)CC(=S)CC[C@@H]2CCCN2)cc1.O=C1CCCCC1.O=C1CCCC[C@H]1[C@@H](C[N+](=O)[O-])c1ccc([N+](=O)[O-])cc1.O=[N+]([O-])/C=C/c1ccc([N+](=O)[O-])cc1. The number of nitro benzene ring substituents is 2. The van der Waals surface area contributed by atoms with Crippen LogP contribution in [-0.2, 0) is 25.8 Å². The summed E-state index contributed by atoms with van der Waals surface area (Å²) in [5, 5.41) is 45.2. The van der Waals surface area contributed by atoms with Gasteiger partial charge in [0.05, 0.1) is 31.3 Å². The smallest absolute Gasteiger partial charge is 0.269 e. The van der Waals surface area contributed by atoms with E-state index in [9.17, 15) is 58.5 Å². The van der Waals surface area contributed by atoms with Crippen molar-refractivity contribution in [1.29, 1.82) is 0 Å². The summed E-state index contributed by atoms with van der Waals surface area (Å²) in [5.41, 5.74) is 2.30. The van der Waals surface area contributed by atoms with Crippen molar-refractivity contribution in [1.82, 2.24) is 5.32 Å². The maximum Gasteiger partial charge on any atom is 0.269 e. The fraction of sp³-hybridized carbons (Fsp3) is 0.574. The largest absolute Gasteiger partial charge is 0.314 e. The Balaban J connectivity index is 0.000000287. The summed E-state index contributed by atoms with van der Waals surface area (Å²) >= 11 is 5.38. The number of carbonyl (C=O) groups is 2. The normalized spacial score (nSPS) is 16.9. The van der Waals surface area contributed by atoms with Crippen LogP contribution in [0.4, 0.5) is 11.4 Å². The van der Waals surface area contributed by atoms with Crippen molar-refractivity contribution in [2.75, 3.05) is 18.8 Å². The van der Waals surface area contributed by atoms with E-state index in [1.807, 2.05) is 12.1 Å². The molecular weight excluding hydrogens is 975 g/mol. The zero-order valence-corrected chi connectivity index (χ0v) is 44.0. The molecule has 0 unspecified atom stereocenters. The first-order valence-electron chi connectivity index (χ1n) is 26.0. The lowest BCUT2D eigenvalue weighted by atomic mass is 9.76. The zero-order chi connectivity index (χ0) is 53.4. The molecule has 1 aliphatic heterocycles. The molecule has 3 aromatic carbocycles. The Morgan fingerprint density at radius 3 is 1.75 bits per heavy atom. The maximum absolute atomic E-state index is 12.7. The molecule has 400 valence electrons. The van der Waals surface area contributed by atoms with Crippen LogP contribution >= 0.6 is 12.2 Å². The highest BCUT2D eigenvalue weighted by atomic mass is 32.2. The van der Waals surface area contributed by atoms with E-state index < -0.39 is 35.4 Å². The van der Waals surface area contributed by atoms with Gasteiger partial charge in [-0.2, -0.15) is 0 Å². The predicted molar refractivity (Wildman–Crippen MR) is 289 cm³/mol. The van der Waals surface area contributed by atoms with Crippen LogP contribution in [0.15, 0.2) is 83.9 Å². The second kappa shape index (κ2) is 34.7. The van der Waals surface area contributed by atoms with Crippen molar-refractivity contribution in [3.05, 3.63) is 136 Å². The highest BCUT2D eigenvalue weighted by Crippen LogP contribution is 2.35. The van der Waals surface area contributed by atoms with Gasteiger partial charge in [-0.1, -0.05) is 114 Å². The van der Waals surface area contributed by atoms with Crippen LogP contribution in [-0.4, -0.2) is 69.4 Å². The molecule has 0 bridgehead atoms. The second-order valence-electron chi connectivity index (χ2n) is 19.0. The molecule has 1 heterocycles. The molecular formula is C54H75N5O12S2. The lowest BCUT2D eigenvalue weighted by molar-refractivity contribution is -0.484. The van der Waals surface area contributed by atoms with Gasteiger partial charge in [-0.3, -0.25) is 50.0 Å². The van der Waals surface area contributed by atoms with Gasteiger partial charge in [0.2, 0.25) is 12.7 Å². The van der Waals surface area contributed by atoms with Crippen molar-refractivity contribution in [3.63, 3.8) is 0 Å². The van der Waals surface area contributed by atoms with Crippen molar-refractivity contribution in [2.24, 2.45) is 5.92 Å². The van der Waals surface area contributed by atoms with E-state index in [0.717, 1.165) is 64.1 Å². The molecule has 0 aromatic heterocycles. The summed E-state index contributed by atoms with van der Waals surface area (Å²) in [4.78, 5) is 63.3. The van der Waals surface area contributed by atoms with E-state index in [1.54, 1.807) is 12.1 Å². The first-order valence-corrected chi connectivity index (χ1v) is 28.1. The minimum absolute atomic E-state index is 0.00710. The van der Waals surface area contributed by atoms with Crippen LogP contribution in [0, 0.1) is 46.4 Å². The number of thiocarbonyl (C=S) groups is 1. The minimum Gasteiger partial charge on any atom is -0.314 e. The standard InChI is InChI=1S/C26H43NO2S2.C14H16N2O5.C8H6N2O4.C6H10O/c1-2-3-4-5-6-7-8-9-10-11-13-23-15-19-26(20-16-23)31(28,29)22-25(30)18-17-24-14-12-21-27-24;17-14-4-2-1-3-12(14)13(9-15(18)19)10-5-7-11(8-6-10)16(20)21;11-9(12)6-5-7-1-3-8(4-2-7)10(13)14;7-6-4-2-1-3-5-6/h15-16,19-20,24,27H,2-14,17-18,21-22H2,1H3;5-8,12-13H,1-4,9H2;1-6H;1-5H2/b;;6-5+;/t24-;12-,13-;;/m00../s1. The Morgan fingerprint density at radius 2 is 1.26 bits per heavy atom. The first-order chi connectivity index (χ1) is 35.0. The molecule has 2 saturated carbocycles. The maximum atomic E-state index is 12.7. The van der Waals surface area contributed by atoms with E-state index >= 15 is 0 Å². The molecule has 3 aliphatic rings. The number of benzene rings is 3. The molecule has 0 radical (unpaired) electrons. The molecule has 19 heteroatoms. The quantitative estimate of drug-likeness (QED) is 0.0358. The van der Waals surface area contributed by atoms with Gasteiger partial charge in [0, 0.05) is 71.4 Å². The highest BCUT2D eigenvalue weighted by Gasteiger charge is 2.34. The van der Waals surface area contributed by atoms with Gasteiger partial charge in [-0.05, 0) is 112 Å². The van der Waals surface area contributed by atoms with E-state index in [1.165, 1.54) is 144 Å². The predicted octanol–water partition coefficient (Wildman–Crippen LogP) is 12.9. The van der Waals surface area contributed by atoms with E-state index in [0.29, 0.717) is 52.0 Å². The van der Waals surface area contributed by atoms with Gasteiger partial charge >= 0.3 is 0 Å². The van der Waals surface area contributed by atoms with Gasteiger partial charge in [-0.25, -0.2) is 8.42 Å². The number of hydrogen-bond acceptors (Lipinski definition) is 14. The molecule has 1 N–H and O–H groups in total. The van der Waals surface area contributed by atoms with E-state index in [2.05, 4.69) is 12.2 Å². The first kappa shape index (κ1) is 61.6. The second-order valence-corrected chi connectivity index (χ2v) is 21.6. The van der Waals surface area contributed by atoms with Crippen LogP contribution in [0.1, 0.15) is 177 Å². The third-order valence-corrected chi connectivity index (χ3v) is 15.5. The number of unbranched alkanes of at least 4 members (excludes halogenated alkanes) is 9. The third kappa shape index (κ3) is 25.7. The van der Waals surface area contributed by atoms with Crippen LogP contribution in [0.3, 0.4) is 0 Å². The average molecular weight is 1050 g/mol. The fourth-order valence-corrected chi connectivity index (χ4v) is 11.0. The number of non-ortho nitro benzene ring substituents is 2. The Labute approximate surface area is 435 Å². The molecule has 17 nitrogen and oxygen atoms in total. The number of sulfone groups is 1. The van der Waals surface area contributed by atoms with Crippen LogP contribution < -0.4 is 5.32 Å². The Morgan fingerprint density at radius 1 is 0.699 bits per heavy atom. The Bertz CT molecular complexity index is 2330. The monoisotopic (exact) mass is 1050 g/mol. The van der Waals surface area contributed by atoms with Gasteiger partial charge in [-0.15, -0.1) is 0 Å². The number of rotatable bonds is 25. The lowest BCUT2D eigenvalue weighted by Gasteiger charge is -2.26. The van der Waals surface area contributed by atoms with Crippen molar-refractivity contribution in [2.45, 2.75) is 178 Å². The summed E-state index contributed by atoms with van der Waals surface area (Å²) < 4.78 is 25.4. The van der Waals surface area contributed by atoms with Crippen LogP contribution in [0.2, 0.25) is 0 Å². The number of hydrogen-bond donors (Lipinski definition) is 1. The molecule has 3 atom stereocenters. The number of ketones is 2. The van der Waals surface area contributed by atoms with Gasteiger partial charge in [0.25, 0.3) is 11.4 Å². The van der Waals surface area contributed by atoms with E-state index in [-0.39, 0.29) is 35.4 Å². The van der Waals surface area contributed by atoms with Gasteiger partial charge < -0.3 is 5.32 Å². The topological polar surface area (TPSA) is 253 Å². The van der Waals surface area contributed by atoms with Crippen LogP contribution in [0.25, 0.3) is 6.08 Å². The Kier molecular flexibility index (Phi) is 29.3. The van der Waals surface area contributed by atoms with Crippen molar-refractivity contribution >= 4 is 55.9 Å². The summed E-state index contributed by atoms with van der Waals surface area (Å²) in [5.74, 6) is -0.343. The number of aryl methyl sites for hydroxylation is 1. The van der Waals surface area contributed by atoms with Gasteiger partial charge in [0.15, 0.2) is 9.84 Å². The highest BCUT2D eigenvalue weighted by molar-refractivity contribution is 7.94.